The minimum absolute atomic E-state index is 0.0410. The molecule has 0 aromatic carbocycles. The molecule has 1 atom stereocenters. The lowest BCUT2D eigenvalue weighted by Crippen LogP contribution is -2.44. The number of nitrogens with one attached hydrogen (secondary N) is 1. The molecule has 2 aromatic heterocycles. The Morgan fingerprint density at radius 3 is 2.68 bits per heavy atom. The summed E-state index contributed by atoms with van der Waals surface area (Å²) in [4.78, 5) is 46.5. The van der Waals surface area contributed by atoms with Gasteiger partial charge in [-0.1, -0.05) is 19.3 Å². The smallest absolute Gasteiger partial charge is 0.274 e. The summed E-state index contributed by atoms with van der Waals surface area (Å²) >= 11 is 0. The van der Waals surface area contributed by atoms with Crippen LogP contribution in [-0.4, -0.2) is 54.8 Å². The van der Waals surface area contributed by atoms with Crippen LogP contribution in [0.15, 0.2) is 23.4 Å². The van der Waals surface area contributed by atoms with Crippen molar-refractivity contribution in [1.29, 1.82) is 0 Å². The predicted molar refractivity (Wildman–Crippen MR) is 116 cm³/mol. The van der Waals surface area contributed by atoms with Crippen molar-refractivity contribution in [3.05, 3.63) is 51.7 Å². The average molecular weight is 423 g/mol. The predicted octanol–water partition coefficient (Wildman–Crippen LogP) is 2.62. The summed E-state index contributed by atoms with van der Waals surface area (Å²) in [5.41, 5.74) is 2.01. The molecular weight excluding hydrogens is 392 g/mol. The third kappa shape index (κ3) is 4.13. The fourth-order valence-corrected chi connectivity index (χ4v) is 5.41. The van der Waals surface area contributed by atoms with E-state index >= 15 is 0 Å². The first-order valence-electron chi connectivity index (χ1n) is 11.6. The number of piperidine rings is 1. The van der Waals surface area contributed by atoms with E-state index < -0.39 is 0 Å². The third-order valence-electron chi connectivity index (χ3n) is 7.07. The van der Waals surface area contributed by atoms with Crippen molar-refractivity contribution < 1.29 is 4.79 Å². The summed E-state index contributed by atoms with van der Waals surface area (Å²) in [6.45, 7) is 2.30. The Kier molecular flexibility index (Phi) is 5.80. The topological polar surface area (TPSA) is 95.1 Å². The summed E-state index contributed by atoms with van der Waals surface area (Å²) in [5.74, 6) is 0.466. The fraction of sp³-hybridized carbons (Fsp3) is 0.609. The number of H-pyrrole nitrogens is 1. The van der Waals surface area contributed by atoms with Crippen molar-refractivity contribution >= 4 is 5.91 Å². The van der Waals surface area contributed by atoms with Crippen molar-refractivity contribution in [2.75, 3.05) is 13.1 Å². The molecule has 8 nitrogen and oxygen atoms in total. The Bertz CT molecular complexity index is 985. The third-order valence-corrected chi connectivity index (χ3v) is 7.07. The maximum Gasteiger partial charge on any atom is 0.274 e. The summed E-state index contributed by atoms with van der Waals surface area (Å²) in [6.07, 6.45) is 14.5. The molecule has 3 aliphatic rings. The second-order valence-corrected chi connectivity index (χ2v) is 8.99. The molecule has 1 aliphatic carbocycles. The van der Waals surface area contributed by atoms with E-state index in [0.29, 0.717) is 24.1 Å². The summed E-state index contributed by atoms with van der Waals surface area (Å²) < 4.78 is 0. The Balaban J connectivity index is 1.42. The van der Waals surface area contributed by atoms with Gasteiger partial charge in [0.05, 0.1) is 17.9 Å². The van der Waals surface area contributed by atoms with E-state index in [9.17, 15) is 9.59 Å². The van der Waals surface area contributed by atoms with Crippen molar-refractivity contribution in [3.8, 4) is 0 Å². The Hall–Kier alpha value is -2.61. The largest absolute Gasteiger partial charge is 0.327 e. The molecule has 4 heterocycles. The van der Waals surface area contributed by atoms with Crippen LogP contribution in [0.4, 0.5) is 0 Å². The zero-order valence-electron chi connectivity index (χ0n) is 17.9. The van der Waals surface area contributed by atoms with E-state index in [4.69, 9.17) is 4.98 Å². The maximum absolute atomic E-state index is 13.1. The van der Waals surface area contributed by atoms with E-state index in [-0.39, 0.29) is 17.5 Å². The number of aromatic nitrogens is 4. The lowest BCUT2D eigenvalue weighted by molar-refractivity contribution is 0.0591. The van der Waals surface area contributed by atoms with Crippen LogP contribution in [0.1, 0.15) is 85.0 Å². The van der Waals surface area contributed by atoms with Crippen LogP contribution in [-0.2, 0) is 13.0 Å². The van der Waals surface area contributed by atoms with Gasteiger partial charge in [-0.05, 0) is 38.5 Å². The monoisotopic (exact) mass is 422 g/mol. The number of hydrogen-bond donors (Lipinski definition) is 1. The number of aromatic amines is 1. The van der Waals surface area contributed by atoms with E-state index in [1.807, 2.05) is 0 Å². The number of hydrogen-bond acceptors (Lipinski definition) is 6. The quantitative estimate of drug-likeness (QED) is 0.817. The molecule has 1 N–H and O–H groups in total. The van der Waals surface area contributed by atoms with E-state index in [1.165, 1.54) is 44.5 Å². The number of amides is 1. The van der Waals surface area contributed by atoms with Gasteiger partial charge in [-0.3, -0.25) is 19.5 Å². The van der Waals surface area contributed by atoms with Gasteiger partial charge in [-0.2, -0.15) is 0 Å². The van der Waals surface area contributed by atoms with Crippen LogP contribution < -0.4 is 5.56 Å². The Morgan fingerprint density at radius 2 is 1.87 bits per heavy atom. The number of carbonyl (C=O) groups excluding carboxylic acids is 1. The molecule has 1 saturated carbocycles. The summed E-state index contributed by atoms with van der Waals surface area (Å²) in [7, 11) is 0. The lowest BCUT2D eigenvalue weighted by atomic mass is 9.92. The first kappa shape index (κ1) is 20.3. The van der Waals surface area contributed by atoms with Crippen LogP contribution in [0.3, 0.4) is 0 Å². The summed E-state index contributed by atoms with van der Waals surface area (Å²) in [6, 6.07) is 0.377. The zero-order chi connectivity index (χ0) is 21.2. The minimum atomic E-state index is -0.230. The van der Waals surface area contributed by atoms with Gasteiger partial charge in [-0.25, -0.2) is 9.97 Å². The molecule has 0 spiro atoms. The van der Waals surface area contributed by atoms with Gasteiger partial charge >= 0.3 is 0 Å². The molecule has 8 heteroatoms. The molecule has 1 saturated heterocycles. The molecule has 0 unspecified atom stereocenters. The molecule has 0 radical (unpaired) electrons. The second kappa shape index (κ2) is 8.86. The number of rotatable bonds is 3. The summed E-state index contributed by atoms with van der Waals surface area (Å²) in [5, 5.41) is 0. The normalized spacial score (nSPS) is 22.8. The zero-order valence-corrected chi connectivity index (χ0v) is 17.9. The molecule has 1 amide bonds. The highest BCUT2D eigenvalue weighted by Crippen LogP contribution is 2.31. The highest BCUT2D eigenvalue weighted by molar-refractivity contribution is 5.92. The average Bonchev–Trinajstić information content (AvgIpc) is 2.84. The van der Waals surface area contributed by atoms with Gasteiger partial charge in [0.25, 0.3) is 11.5 Å². The number of nitrogens with zero attached hydrogens (tertiary/aromatic N) is 5. The van der Waals surface area contributed by atoms with Crippen molar-refractivity contribution in [1.82, 2.24) is 29.7 Å². The van der Waals surface area contributed by atoms with Crippen molar-refractivity contribution in [2.24, 2.45) is 0 Å². The molecule has 2 aromatic rings. The van der Waals surface area contributed by atoms with E-state index in [1.54, 1.807) is 11.1 Å². The first-order valence-corrected chi connectivity index (χ1v) is 11.6. The van der Waals surface area contributed by atoms with Crippen LogP contribution >= 0.6 is 0 Å². The SMILES string of the molecule is O=C(c1cnccn1)N1CCCC[C@@H]1c1nc2c(c(=O)[nH]1)CCN(C1CCCCC1)C2. The van der Waals surface area contributed by atoms with Gasteiger partial charge < -0.3 is 9.88 Å². The molecule has 2 fully saturated rings. The molecule has 164 valence electrons. The van der Waals surface area contributed by atoms with Crippen molar-refractivity contribution in [3.63, 3.8) is 0 Å². The van der Waals surface area contributed by atoms with Crippen LogP contribution in [0.25, 0.3) is 0 Å². The molecule has 31 heavy (non-hydrogen) atoms. The highest BCUT2D eigenvalue weighted by Gasteiger charge is 2.33. The van der Waals surface area contributed by atoms with Crippen molar-refractivity contribution in [2.45, 2.75) is 76.4 Å². The van der Waals surface area contributed by atoms with Crippen LogP contribution in [0.2, 0.25) is 0 Å². The van der Waals surface area contributed by atoms with Gasteiger partial charge in [0.1, 0.15) is 11.5 Å². The Labute approximate surface area is 182 Å². The molecule has 5 rings (SSSR count). The Morgan fingerprint density at radius 1 is 1.03 bits per heavy atom. The van der Waals surface area contributed by atoms with E-state index in [2.05, 4.69) is 19.9 Å². The first-order chi connectivity index (χ1) is 15.2. The number of carbonyl (C=O) groups is 1. The number of likely N-dealkylation sites (tertiary alicyclic amines) is 1. The van der Waals surface area contributed by atoms with Gasteiger partial charge in [0.15, 0.2) is 0 Å². The van der Waals surface area contributed by atoms with Gasteiger partial charge in [0.2, 0.25) is 0 Å². The molecule has 0 bridgehead atoms. The van der Waals surface area contributed by atoms with Crippen LogP contribution in [0.5, 0.6) is 0 Å². The van der Waals surface area contributed by atoms with Gasteiger partial charge in [0, 0.05) is 43.6 Å². The molecule has 2 aliphatic heterocycles. The van der Waals surface area contributed by atoms with Gasteiger partial charge in [-0.15, -0.1) is 0 Å². The minimum Gasteiger partial charge on any atom is -0.327 e. The molecular formula is C23H30N6O2. The standard InChI is InChI=1S/C23H30N6O2/c30-22-17-9-13-28(16-6-2-1-3-7-16)15-19(17)26-21(27-22)20-8-4-5-12-29(20)23(31)18-14-24-10-11-25-18/h10-11,14,16,20H,1-9,12-13,15H2,(H,26,27,30)/t20-/m1/s1. The van der Waals surface area contributed by atoms with E-state index in [0.717, 1.165) is 50.0 Å². The van der Waals surface area contributed by atoms with Crippen LogP contribution in [0, 0.1) is 0 Å². The lowest BCUT2D eigenvalue weighted by Gasteiger charge is -2.38. The highest BCUT2D eigenvalue weighted by atomic mass is 16.2. The number of fused-ring (bicyclic) bond motifs is 1. The second-order valence-electron chi connectivity index (χ2n) is 8.99. The fourth-order valence-electron chi connectivity index (χ4n) is 5.41. The maximum atomic E-state index is 13.1.